The molecule has 82 valence electrons. The molecule has 1 atom stereocenters. The van der Waals surface area contributed by atoms with Crippen molar-refractivity contribution in [1.29, 1.82) is 0 Å². The molecule has 1 unspecified atom stereocenters. The van der Waals surface area contributed by atoms with Crippen molar-refractivity contribution >= 4 is 33.7 Å². The topological polar surface area (TPSA) is 37.3 Å². The van der Waals surface area contributed by atoms with Crippen LogP contribution >= 0.6 is 27.7 Å². The SMILES string of the molecule is CC(F)(CSc1ccc(Br)cc1)C(=O)O. The lowest BCUT2D eigenvalue weighted by Gasteiger charge is -2.13. The molecule has 0 aliphatic rings. The van der Waals surface area contributed by atoms with Gasteiger partial charge in [0.15, 0.2) is 0 Å². The summed E-state index contributed by atoms with van der Waals surface area (Å²) in [7, 11) is 0. The van der Waals surface area contributed by atoms with Crippen LogP contribution in [-0.2, 0) is 4.79 Å². The third-order valence-electron chi connectivity index (χ3n) is 1.77. The number of aliphatic carboxylic acids is 1. The molecule has 15 heavy (non-hydrogen) atoms. The summed E-state index contributed by atoms with van der Waals surface area (Å²) in [4.78, 5) is 11.4. The maximum absolute atomic E-state index is 13.3. The van der Waals surface area contributed by atoms with Gasteiger partial charge in [-0.2, -0.15) is 0 Å². The Morgan fingerprint density at radius 3 is 2.53 bits per heavy atom. The summed E-state index contributed by atoms with van der Waals surface area (Å²) >= 11 is 4.47. The summed E-state index contributed by atoms with van der Waals surface area (Å²) < 4.78 is 14.3. The Kier molecular flexibility index (Phi) is 4.16. The summed E-state index contributed by atoms with van der Waals surface area (Å²) in [5.41, 5.74) is -2.18. The van der Waals surface area contributed by atoms with E-state index in [9.17, 15) is 9.18 Å². The first kappa shape index (κ1) is 12.5. The largest absolute Gasteiger partial charge is 0.479 e. The lowest BCUT2D eigenvalue weighted by atomic mass is 10.2. The maximum Gasteiger partial charge on any atom is 0.342 e. The van der Waals surface area contributed by atoms with Crippen molar-refractivity contribution < 1.29 is 14.3 Å². The molecule has 0 aliphatic heterocycles. The smallest absolute Gasteiger partial charge is 0.342 e. The fourth-order valence-electron chi connectivity index (χ4n) is 0.811. The minimum absolute atomic E-state index is 0.0933. The molecule has 0 aliphatic carbocycles. The van der Waals surface area contributed by atoms with Crippen LogP contribution in [0.2, 0.25) is 0 Å². The second-order valence-electron chi connectivity index (χ2n) is 3.25. The predicted molar refractivity (Wildman–Crippen MR) is 62.0 cm³/mol. The summed E-state index contributed by atoms with van der Waals surface area (Å²) in [6, 6.07) is 7.29. The van der Waals surface area contributed by atoms with Crippen LogP contribution in [0.1, 0.15) is 6.92 Å². The normalized spacial score (nSPS) is 14.6. The van der Waals surface area contributed by atoms with Crippen LogP contribution in [0, 0.1) is 0 Å². The van der Waals surface area contributed by atoms with Gasteiger partial charge in [0.25, 0.3) is 0 Å². The first-order chi connectivity index (χ1) is 6.92. The van der Waals surface area contributed by atoms with Gasteiger partial charge in [-0.05, 0) is 31.2 Å². The third kappa shape index (κ3) is 3.83. The summed E-state index contributed by atoms with van der Waals surface area (Å²) in [6.07, 6.45) is 0. The number of carbonyl (C=O) groups is 1. The number of carboxylic acids is 1. The van der Waals surface area contributed by atoms with Gasteiger partial charge in [-0.3, -0.25) is 0 Å². The Labute approximate surface area is 100 Å². The lowest BCUT2D eigenvalue weighted by molar-refractivity contribution is -0.148. The van der Waals surface area contributed by atoms with Crippen molar-refractivity contribution in [3.05, 3.63) is 28.7 Å². The Morgan fingerprint density at radius 1 is 1.53 bits per heavy atom. The molecule has 1 N–H and O–H groups in total. The van der Waals surface area contributed by atoms with Gasteiger partial charge in [-0.1, -0.05) is 15.9 Å². The maximum atomic E-state index is 13.3. The molecule has 0 fully saturated rings. The molecule has 0 saturated carbocycles. The summed E-state index contributed by atoms with van der Waals surface area (Å²) in [6.45, 7) is 1.07. The molecule has 0 spiro atoms. The minimum Gasteiger partial charge on any atom is -0.479 e. The molecule has 0 radical (unpaired) electrons. The standard InChI is InChI=1S/C10H10BrFO2S/c1-10(12,9(13)14)6-15-8-4-2-7(11)3-5-8/h2-5H,6H2,1H3,(H,13,14). The average molecular weight is 293 g/mol. The van der Waals surface area contributed by atoms with Gasteiger partial charge in [0.05, 0.1) is 0 Å². The molecule has 0 amide bonds. The molecule has 0 aromatic heterocycles. The summed E-state index contributed by atoms with van der Waals surface area (Å²) in [5.74, 6) is -1.52. The molecule has 1 rings (SSSR count). The van der Waals surface area contributed by atoms with Gasteiger partial charge in [0.2, 0.25) is 5.67 Å². The lowest BCUT2D eigenvalue weighted by Crippen LogP contribution is -2.32. The van der Waals surface area contributed by atoms with Crippen molar-refractivity contribution in [1.82, 2.24) is 0 Å². The Morgan fingerprint density at radius 2 is 2.07 bits per heavy atom. The molecular formula is C10H10BrFO2S. The van der Waals surface area contributed by atoms with Gasteiger partial charge >= 0.3 is 5.97 Å². The first-order valence-corrected chi connectivity index (χ1v) is 6.00. The van der Waals surface area contributed by atoms with E-state index in [4.69, 9.17) is 5.11 Å². The molecule has 0 heterocycles. The number of carboxylic acid groups (broad SMARTS) is 1. The highest BCUT2D eigenvalue weighted by Crippen LogP contribution is 2.26. The van der Waals surface area contributed by atoms with E-state index in [0.717, 1.165) is 16.3 Å². The zero-order valence-corrected chi connectivity index (χ0v) is 10.4. The zero-order valence-electron chi connectivity index (χ0n) is 8.04. The fraction of sp³-hybridized carbons (Fsp3) is 0.300. The van der Waals surface area contributed by atoms with E-state index < -0.39 is 11.6 Å². The molecule has 1 aromatic rings. The number of benzene rings is 1. The molecule has 1 aromatic carbocycles. The minimum atomic E-state index is -2.18. The van der Waals surface area contributed by atoms with E-state index in [2.05, 4.69) is 15.9 Å². The van der Waals surface area contributed by atoms with Gasteiger partial charge in [-0.25, -0.2) is 9.18 Å². The van der Waals surface area contributed by atoms with Crippen LogP contribution in [0.15, 0.2) is 33.6 Å². The van der Waals surface area contributed by atoms with Crippen molar-refractivity contribution in [2.75, 3.05) is 5.75 Å². The summed E-state index contributed by atoms with van der Waals surface area (Å²) in [5, 5.41) is 8.57. The number of alkyl halides is 1. The second-order valence-corrected chi connectivity index (χ2v) is 5.21. The van der Waals surface area contributed by atoms with Crippen LogP contribution in [0.5, 0.6) is 0 Å². The van der Waals surface area contributed by atoms with Gasteiger partial charge in [-0.15, -0.1) is 11.8 Å². The molecular weight excluding hydrogens is 283 g/mol. The first-order valence-electron chi connectivity index (χ1n) is 4.22. The van der Waals surface area contributed by atoms with E-state index in [1.165, 1.54) is 11.8 Å². The van der Waals surface area contributed by atoms with Crippen molar-refractivity contribution in [3.63, 3.8) is 0 Å². The molecule has 5 heteroatoms. The van der Waals surface area contributed by atoms with Crippen LogP contribution in [0.3, 0.4) is 0 Å². The fourth-order valence-corrected chi connectivity index (χ4v) is 1.97. The van der Waals surface area contributed by atoms with Gasteiger partial charge in [0.1, 0.15) is 0 Å². The quantitative estimate of drug-likeness (QED) is 0.865. The van der Waals surface area contributed by atoms with Crippen molar-refractivity contribution in [2.24, 2.45) is 0 Å². The zero-order chi connectivity index (χ0) is 11.5. The number of hydrogen-bond acceptors (Lipinski definition) is 2. The molecule has 2 nitrogen and oxygen atoms in total. The highest BCUT2D eigenvalue weighted by molar-refractivity contribution is 9.10. The molecule has 0 saturated heterocycles. The van der Waals surface area contributed by atoms with Crippen LogP contribution in [0.25, 0.3) is 0 Å². The Balaban J connectivity index is 2.57. The van der Waals surface area contributed by atoms with Crippen LogP contribution < -0.4 is 0 Å². The van der Waals surface area contributed by atoms with E-state index in [-0.39, 0.29) is 5.75 Å². The second kappa shape index (κ2) is 4.99. The highest BCUT2D eigenvalue weighted by Gasteiger charge is 2.32. The number of thioether (sulfide) groups is 1. The van der Waals surface area contributed by atoms with Crippen molar-refractivity contribution in [2.45, 2.75) is 17.5 Å². The number of halogens is 2. The molecule has 0 bridgehead atoms. The van der Waals surface area contributed by atoms with Gasteiger partial charge in [0, 0.05) is 15.1 Å². The number of rotatable bonds is 4. The third-order valence-corrected chi connectivity index (χ3v) is 3.59. The van der Waals surface area contributed by atoms with E-state index >= 15 is 0 Å². The van der Waals surface area contributed by atoms with Crippen LogP contribution in [-0.4, -0.2) is 22.5 Å². The van der Waals surface area contributed by atoms with E-state index in [1.54, 1.807) is 0 Å². The number of hydrogen-bond donors (Lipinski definition) is 1. The van der Waals surface area contributed by atoms with Crippen LogP contribution in [0.4, 0.5) is 4.39 Å². The predicted octanol–water partition coefficient (Wildman–Crippen LogP) is 3.35. The average Bonchev–Trinajstić information content (AvgIpc) is 2.17. The highest BCUT2D eigenvalue weighted by atomic mass is 79.9. The van der Waals surface area contributed by atoms with E-state index in [0.29, 0.717) is 0 Å². The monoisotopic (exact) mass is 292 g/mol. The Hall–Kier alpha value is -0.550. The van der Waals surface area contributed by atoms with Crippen molar-refractivity contribution in [3.8, 4) is 0 Å². The van der Waals surface area contributed by atoms with E-state index in [1.807, 2.05) is 24.3 Å². The van der Waals surface area contributed by atoms with Gasteiger partial charge < -0.3 is 5.11 Å². The Bertz CT molecular complexity index is 351.